The number of piperazine rings is 1. The lowest BCUT2D eigenvalue weighted by molar-refractivity contribution is 0.170. The fraction of sp³-hybridized carbons (Fsp3) is 0.438. The minimum atomic E-state index is 0. The quantitative estimate of drug-likeness (QED) is 0.724. The van der Waals surface area contributed by atoms with Gasteiger partial charge >= 0.3 is 0 Å². The molecule has 2 rings (SSSR count). The van der Waals surface area contributed by atoms with Gasteiger partial charge in [-0.05, 0) is 41.4 Å². The number of hydrogen-bond acceptors (Lipinski definition) is 4. The van der Waals surface area contributed by atoms with Crippen LogP contribution in [0.2, 0.25) is 0 Å². The Labute approximate surface area is 158 Å². The largest absolute Gasteiger partial charge is 0.506 e. The molecule has 0 spiro atoms. The molecule has 0 saturated carbocycles. The van der Waals surface area contributed by atoms with E-state index in [1.807, 2.05) is 6.92 Å². The molecule has 1 aromatic rings. The first-order valence-electron chi connectivity index (χ1n) is 7.04. The molecule has 0 amide bonds. The van der Waals surface area contributed by atoms with Crippen molar-refractivity contribution in [3.63, 3.8) is 0 Å². The summed E-state index contributed by atoms with van der Waals surface area (Å²) < 4.78 is 0.568. The third kappa shape index (κ3) is 5.66. The number of benzene rings is 1. The van der Waals surface area contributed by atoms with Crippen molar-refractivity contribution in [2.24, 2.45) is 0 Å². The van der Waals surface area contributed by atoms with E-state index in [2.05, 4.69) is 38.8 Å². The third-order valence-corrected chi connectivity index (χ3v) is 4.32. The van der Waals surface area contributed by atoms with Crippen LogP contribution in [0.3, 0.4) is 0 Å². The van der Waals surface area contributed by atoms with Gasteiger partial charge in [-0.2, -0.15) is 5.26 Å². The second kappa shape index (κ2) is 10.2. The van der Waals surface area contributed by atoms with Crippen LogP contribution >= 0.6 is 40.7 Å². The molecule has 2 N–H and O–H groups in total. The fourth-order valence-corrected chi connectivity index (χ4v) is 3.17. The van der Waals surface area contributed by atoms with Crippen LogP contribution in [0.1, 0.15) is 30.5 Å². The van der Waals surface area contributed by atoms with E-state index in [0.29, 0.717) is 10.0 Å². The summed E-state index contributed by atoms with van der Waals surface area (Å²) in [4.78, 5) is 2.34. The number of phenols is 1. The van der Waals surface area contributed by atoms with Gasteiger partial charge in [0.1, 0.15) is 5.75 Å². The number of nitrogens with one attached hydrogen (secondary N) is 1. The first-order valence-corrected chi connectivity index (χ1v) is 7.84. The van der Waals surface area contributed by atoms with Gasteiger partial charge in [0.25, 0.3) is 0 Å². The minimum Gasteiger partial charge on any atom is -0.506 e. The maximum absolute atomic E-state index is 10.4. The maximum Gasteiger partial charge on any atom is 0.134 e. The molecule has 4 nitrogen and oxygen atoms in total. The van der Waals surface area contributed by atoms with Gasteiger partial charge in [0, 0.05) is 37.8 Å². The van der Waals surface area contributed by atoms with Crippen LogP contribution < -0.4 is 5.32 Å². The average Bonchev–Trinajstić information content (AvgIpc) is 2.48. The Bertz CT molecular complexity index is 583. The molecule has 128 valence electrons. The summed E-state index contributed by atoms with van der Waals surface area (Å²) in [7, 11) is 0. The normalized spacial score (nSPS) is 15.7. The lowest BCUT2D eigenvalue weighted by Gasteiger charge is -2.36. The molecular weight excluding hydrogens is 401 g/mol. The highest BCUT2D eigenvalue weighted by atomic mass is 79.9. The molecule has 1 aliphatic heterocycles. The second-order valence-corrected chi connectivity index (χ2v) is 6.33. The zero-order chi connectivity index (χ0) is 15.4. The fourth-order valence-electron chi connectivity index (χ4n) is 2.70. The van der Waals surface area contributed by atoms with Crippen LogP contribution in [0.4, 0.5) is 0 Å². The van der Waals surface area contributed by atoms with Crippen molar-refractivity contribution in [1.29, 1.82) is 5.26 Å². The Morgan fingerprint density at radius 3 is 2.57 bits per heavy atom. The SMILES string of the molecule is C=C(C)C[C@H](c1cc(C#N)cc(Br)c1O)N1CCNCC1.Cl.Cl. The monoisotopic (exact) mass is 421 g/mol. The first kappa shape index (κ1) is 22.2. The van der Waals surface area contributed by atoms with Crippen LogP contribution in [0.15, 0.2) is 28.8 Å². The Kier molecular flexibility index (Phi) is 9.83. The van der Waals surface area contributed by atoms with Crippen LogP contribution in [0.5, 0.6) is 5.75 Å². The molecule has 1 saturated heterocycles. The molecule has 0 aliphatic carbocycles. The summed E-state index contributed by atoms with van der Waals surface area (Å²) in [6.45, 7) is 9.72. The van der Waals surface area contributed by atoms with E-state index in [1.165, 1.54) is 0 Å². The molecule has 0 aromatic heterocycles. The van der Waals surface area contributed by atoms with Gasteiger partial charge < -0.3 is 10.4 Å². The molecule has 23 heavy (non-hydrogen) atoms. The van der Waals surface area contributed by atoms with Gasteiger partial charge in [-0.1, -0.05) is 5.57 Å². The predicted octanol–water partition coefficient (Wildman–Crippen LogP) is 3.78. The number of rotatable bonds is 4. The van der Waals surface area contributed by atoms with Crippen molar-refractivity contribution in [3.8, 4) is 11.8 Å². The first-order chi connectivity index (χ1) is 10.0. The zero-order valence-corrected chi connectivity index (χ0v) is 16.2. The predicted molar refractivity (Wildman–Crippen MR) is 102 cm³/mol. The van der Waals surface area contributed by atoms with Crippen molar-refractivity contribution in [2.75, 3.05) is 26.2 Å². The van der Waals surface area contributed by atoms with Gasteiger partial charge in [0.05, 0.1) is 16.1 Å². The summed E-state index contributed by atoms with van der Waals surface area (Å²) in [5.41, 5.74) is 2.42. The van der Waals surface area contributed by atoms with Crippen molar-refractivity contribution in [2.45, 2.75) is 19.4 Å². The van der Waals surface area contributed by atoms with Crippen molar-refractivity contribution in [1.82, 2.24) is 10.2 Å². The van der Waals surface area contributed by atoms with E-state index >= 15 is 0 Å². The molecule has 0 unspecified atom stereocenters. The second-order valence-electron chi connectivity index (χ2n) is 5.47. The number of phenolic OH excluding ortho intramolecular Hbond substituents is 1. The molecule has 1 aromatic carbocycles. The highest BCUT2D eigenvalue weighted by Crippen LogP contribution is 2.38. The standard InChI is InChI=1S/C16H20BrN3O.2ClH/c1-11(2)7-15(20-5-3-19-4-6-20)13-8-12(10-18)9-14(17)16(13)21;;/h8-9,15,19,21H,1,3-7H2,2H3;2*1H/t15-;;/m1../s1. The van der Waals surface area contributed by atoms with Crippen molar-refractivity contribution in [3.05, 3.63) is 39.9 Å². The summed E-state index contributed by atoms with van der Waals surface area (Å²) >= 11 is 3.34. The molecule has 1 heterocycles. The van der Waals surface area contributed by atoms with E-state index in [9.17, 15) is 5.11 Å². The number of nitrogens with zero attached hydrogens (tertiary/aromatic N) is 2. The van der Waals surface area contributed by atoms with Crippen LogP contribution in [-0.4, -0.2) is 36.2 Å². The van der Waals surface area contributed by atoms with Crippen LogP contribution in [-0.2, 0) is 0 Å². The van der Waals surface area contributed by atoms with Crippen molar-refractivity contribution < 1.29 is 5.11 Å². The Balaban J connectivity index is 0.00000242. The number of aromatic hydroxyl groups is 1. The average molecular weight is 423 g/mol. The smallest absolute Gasteiger partial charge is 0.134 e. The molecule has 1 atom stereocenters. The van der Waals surface area contributed by atoms with Crippen molar-refractivity contribution >= 4 is 40.7 Å². The van der Waals surface area contributed by atoms with E-state index in [4.69, 9.17) is 5.26 Å². The van der Waals surface area contributed by atoms with Gasteiger partial charge in [0.2, 0.25) is 0 Å². The van der Waals surface area contributed by atoms with E-state index < -0.39 is 0 Å². The van der Waals surface area contributed by atoms with E-state index in [-0.39, 0.29) is 36.6 Å². The van der Waals surface area contributed by atoms with Gasteiger partial charge in [-0.25, -0.2) is 0 Å². The Hall–Kier alpha value is -0.770. The summed E-state index contributed by atoms with van der Waals surface area (Å²) in [5.74, 6) is 0.221. The minimum absolute atomic E-state index is 0. The molecular formula is C16H22BrCl2N3O. The highest BCUT2D eigenvalue weighted by Gasteiger charge is 2.25. The van der Waals surface area contributed by atoms with Crippen LogP contribution in [0, 0.1) is 11.3 Å². The van der Waals surface area contributed by atoms with Gasteiger partial charge in [-0.15, -0.1) is 31.4 Å². The number of nitriles is 1. The lowest BCUT2D eigenvalue weighted by atomic mass is 9.95. The highest BCUT2D eigenvalue weighted by molar-refractivity contribution is 9.10. The topological polar surface area (TPSA) is 59.3 Å². The third-order valence-electron chi connectivity index (χ3n) is 3.72. The molecule has 1 fully saturated rings. The van der Waals surface area contributed by atoms with E-state index in [0.717, 1.165) is 43.7 Å². The summed E-state index contributed by atoms with van der Waals surface area (Å²) in [6, 6.07) is 5.64. The molecule has 0 radical (unpaired) electrons. The summed E-state index contributed by atoms with van der Waals surface area (Å²) in [6.07, 6.45) is 0.773. The molecule has 7 heteroatoms. The lowest BCUT2D eigenvalue weighted by Crippen LogP contribution is -2.45. The van der Waals surface area contributed by atoms with Gasteiger partial charge in [-0.3, -0.25) is 4.90 Å². The number of halogens is 3. The maximum atomic E-state index is 10.4. The Morgan fingerprint density at radius 2 is 2.04 bits per heavy atom. The van der Waals surface area contributed by atoms with Crippen LogP contribution in [0.25, 0.3) is 0 Å². The van der Waals surface area contributed by atoms with Gasteiger partial charge in [0.15, 0.2) is 0 Å². The summed E-state index contributed by atoms with van der Waals surface area (Å²) in [5, 5.41) is 22.9. The molecule has 0 bridgehead atoms. The Morgan fingerprint density at radius 1 is 1.43 bits per heavy atom. The van der Waals surface area contributed by atoms with E-state index in [1.54, 1.807) is 12.1 Å². The zero-order valence-electron chi connectivity index (χ0n) is 13.0. The molecule has 1 aliphatic rings. The number of hydrogen-bond donors (Lipinski definition) is 2.